The van der Waals surface area contributed by atoms with E-state index in [1.165, 1.54) is 12.4 Å². The number of hydrogen-bond donors (Lipinski definition) is 2. The van der Waals surface area contributed by atoms with Gasteiger partial charge in [0.05, 0.1) is 4.90 Å². The van der Waals surface area contributed by atoms with Crippen molar-refractivity contribution in [3.63, 3.8) is 0 Å². The standard InChI is InChI=1S/C12H12N4O2S/c17-19(18,16-12-14-4-1-5-15-12)11-3-2-9-7-13-8-10(9)6-11/h1-6,13H,7-8H2,(H,14,15,16). The van der Waals surface area contributed by atoms with Crippen molar-refractivity contribution in [3.8, 4) is 0 Å². The third kappa shape index (κ3) is 2.42. The molecule has 0 atom stereocenters. The predicted molar refractivity (Wildman–Crippen MR) is 69.8 cm³/mol. The minimum Gasteiger partial charge on any atom is -0.309 e. The highest BCUT2D eigenvalue weighted by atomic mass is 32.2. The molecule has 0 unspecified atom stereocenters. The zero-order chi connectivity index (χ0) is 13.3. The monoisotopic (exact) mass is 276 g/mol. The van der Waals surface area contributed by atoms with Gasteiger partial charge in [-0.25, -0.2) is 23.1 Å². The molecule has 0 spiro atoms. The van der Waals surface area contributed by atoms with Gasteiger partial charge in [0, 0.05) is 25.5 Å². The van der Waals surface area contributed by atoms with Gasteiger partial charge in [0.1, 0.15) is 0 Å². The Labute approximate surface area is 111 Å². The number of benzene rings is 1. The van der Waals surface area contributed by atoms with Gasteiger partial charge < -0.3 is 5.32 Å². The molecular weight excluding hydrogens is 264 g/mol. The van der Waals surface area contributed by atoms with Gasteiger partial charge in [0.15, 0.2) is 0 Å². The fourth-order valence-corrected chi connectivity index (χ4v) is 2.98. The van der Waals surface area contributed by atoms with Crippen molar-refractivity contribution in [2.24, 2.45) is 0 Å². The molecule has 6 nitrogen and oxygen atoms in total. The van der Waals surface area contributed by atoms with E-state index in [2.05, 4.69) is 20.0 Å². The average Bonchev–Trinajstić information content (AvgIpc) is 2.86. The Kier molecular flexibility index (Phi) is 2.92. The van der Waals surface area contributed by atoms with Gasteiger partial charge in [-0.3, -0.25) is 0 Å². The predicted octanol–water partition coefficient (Wildman–Crippen LogP) is 0.881. The third-order valence-electron chi connectivity index (χ3n) is 2.91. The zero-order valence-electron chi connectivity index (χ0n) is 10.00. The normalized spacial score (nSPS) is 14.1. The SMILES string of the molecule is O=S(=O)(Nc1ncccn1)c1ccc2c(c1)CNC2. The van der Waals surface area contributed by atoms with Gasteiger partial charge in [-0.05, 0) is 29.3 Å². The lowest BCUT2D eigenvalue weighted by Gasteiger charge is -2.07. The number of aromatic nitrogens is 2. The van der Waals surface area contributed by atoms with Crippen molar-refractivity contribution in [1.29, 1.82) is 0 Å². The largest absolute Gasteiger partial charge is 0.309 e. The minimum absolute atomic E-state index is 0.0705. The first-order chi connectivity index (χ1) is 9.15. The molecule has 1 aromatic carbocycles. The number of rotatable bonds is 3. The average molecular weight is 276 g/mol. The summed E-state index contributed by atoms with van der Waals surface area (Å²) in [5, 5.41) is 3.18. The molecule has 2 N–H and O–H groups in total. The van der Waals surface area contributed by atoms with E-state index < -0.39 is 10.0 Å². The summed E-state index contributed by atoms with van der Waals surface area (Å²) in [6.45, 7) is 1.48. The molecular formula is C12H12N4O2S. The summed E-state index contributed by atoms with van der Waals surface area (Å²) in [7, 11) is -3.64. The molecule has 0 fully saturated rings. The second-order valence-electron chi connectivity index (χ2n) is 4.21. The summed E-state index contributed by atoms with van der Waals surface area (Å²) in [4.78, 5) is 7.92. The quantitative estimate of drug-likeness (QED) is 0.869. The Morgan fingerprint density at radius 2 is 1.84 bits per heavy atom. The molecule has 0 aliphatic carbocycles. The van der Waals surface area contributed by atoms with Crippen LogP contribution in [0.2, 0.25) is 0 Å². The van der Waals surface area contributed by atoms with E-state index in [9.17, 15) is 8.42 Å². The highest BCUT2D eigenvalue weighted by Gasteiger charge is 2.18. The lowest BCUT2D eigenvalue weighted by atomic mass is 10.1. The molecule has 1 aromatic heterocycles. The Morgan fingerprint density at radius 3 is 2.63 bits per heavy atom. The molecule has 1 aliphatic heterocycles. The number of fused-ring (bicyclic) bond motifs is 1. The molecule has 0 saturated carbocycles. The number of anilines is 1. The van der Waals surface area contributed by atoms with Gasteiger partial charge in [0.25, 0.3) is 10.0 Å². The van der Waals surface area contributed by atoms with Crippen molar-refractivity contribution < 1.29 is 8.42 Å². The van der Waals surface area contributed by atoms with Crippen LogP contribution in [0.4, 0.5) is 5.95 Å². The molecule has 2 heterocycles. The van der Waals surface area contributed by atoms with Crippen molar-refractivity contribution >= 4 is 16.0 Å². The molecule has 0 radical (unpaired) electrons. The first kappa shape index (κ1) is 12.1. The van der Waals surface area contributed by atoms with Gasteiger partial charge in [-0.2, -0.15) is 0 Å². The lowest BCUT2D eigenvalue weighted by molar-refractivity contribution is 0.600. The lowest BCUT2D eigenvalue weighted by Crippen LogP contribution is -2.15. The number of nitrogens with one attached hydrogen (secondary N) is 2. The van der Waals surface area contributed by atoms with Crippen LogP contribution >= 0.6 is 0 Å². The zero-order valence-corrected chi connectivity index (χ0v) is 10.8. The molecule has 19 heavy (non-hydrogen) atoms. The number of hydrogen-bond acceptors (Lipinski definition) is 5. The smallest absolute Gasteiger partial charge is 0.264 e. The Hall–Kier alpha value is -1.99. The van der Waals surface area contributed by atoms with Crippen LogP contribution in [-0.4, -0.2) is 18.4 Å². The van der Waals surface area contributed by atoms with E-state index in [1.54, 1.807) is 18.2 Å². The molecule has 1 aliphatic rings. The van der Waals surface area contributed by atoms with Crippen molar-refractivity contribution in [2.45, 2.75) is 18.0 Å². The minimum atomic E-state index is -3.64. The number of nitrogens with zero attached hydrogens (tertiary/aromatic N) is 2. The van der Waals surface area contributed by atoms with Gasteiger partial charge in [-0.15, -0.1) is 0 Å². The third-order valence-corrected chi connectivity index (χ3v) is 4.24. The molecule has 2 aromatic rings. The summed E-state index contributed by atoms with van der Waals surface area (Å²) in [6, 6.07) is 6.73. The van der Waals surface area contributed by atoms with Crippen LogP contribution in [0.1, 0.15) is 11.1 Å². The first-order valence-corrected chi connectivity index (χ1v) is 7.26. The summed E-state index contributed by atoms with van der Waals surface area (Å²) < 4.78 is 26.7. The first-order valence-electron chi connectivity index (χ1n) is 5.77. The molecule has 3 rings (SSSR count). The van der Waals surface area contributed by atoms with E-state index in [0.717, 1.165) is 17.7 Å². The maximum atomic E-state index is 12.2. The molecule has 0 bridgehead atoms. The molecule has 7 heteroatoms. The summed E-state index contributed by atoms with van der Waals surface area (Å²) in [6.07, 6.45) is 2.97. The number of sulfonamides is 1. The van der Waals surface area contributed by atoms with E-state index in [4.69, 9.17) is 0 Å². The maximum absolute atomic E-state index is 12.2. The van der Waals surface area contributed by atoms with E-state index in [-0.39, 0.29) is 10.8 Å². The molecule has 98 valence electrons. The van der Waals surface area contributed by atoms with E-state index >= 15 is 0 Å². The highest BCUT2D eigenvalue weighted by molar-refractivity contribution is 7.92. The van der Waals surface area contributed by atoms with Crippen LogP contribution in [0, 0.1) is 0 Å². The van der Waals surface area contributed by atoms with Gasteiger partial charge >= 0.3 is 0 Å². The van der Waals surface area contributed by atoms with E-state index in [1.807, 2.05) is 6.07 Å². The fourth-order valence-electron chi connectivity index (χ4n) is 1.97. The van der Waals surface area contributed by atoms with Crippen LogP contribution < -0.4 is 10.0 Å². The van der Waals surface area contributed by atoms with Crippen LogP contribution in [0.3, 0.4) is 0 Å². The van der Waals surface area contributed by atoms with Crippen molar-refractivity contribution in [3.05, 3.63) is 47.8 Å². The highest BCUT2D eigenvalue weighted by Crippen LogP contribution is 2.21. The Morgan fingerprint density at radius 1 is 1.11 bits per heavy atom. The Bertz CT molecular complexity index is 701. The van der Waals surface area contributed by atoms with Crippen LogP contribution in [0.5, 0.6) is 0 Å². The van der Waals surface area contributed by atoms with E-state index in [0.29, 0.717) is 6.54 Å². The summed E-state index contributed by atoms with van der Waals surface area (Å²) in [5.41, 5.74) is 2.15. The van der Waals surface area contributed by atoms with Crippen LogP contribution in [0.25, 0.3) is 0 Å². The summed E-state index contributed by atoms with van der Waals surface area (Å²) in [5.74, 6) is 0.0705. The molecule has 0 amide bonds. The maximum Gasteiger partial charge on any atom is 0.264 e. The molecule has 0 saturated heterocycles. The van der Waals surface area contributed by atoms with Crippen LogP contribution in [0.15, 0.2) is 41.6 Å². The van der Waals surface area contributed by atoms with Crippen molar-refractivity contribution in [1.82, 2.24) is 15.3 Å². The second kappa shape index (κ2) is 4.60. The fraction of sp³-hybridized carbons (Fsp3) is 0.167. The van der Waals surface area contributed by atoms with Crippen molar-refractivity contribution in [2.75, 3.05) is 4.72 Å². The van der Waals surface area contributed by atoms with Crippen LogP contribution in [-0.2, 0) is 23.1 Å². The van der Waals surface area contributed by atoms with Gasteiger partial charge in [-0.1, -0.05) is 6.07 Å². The Balaban J connectivity index is 1.92. The topological polar surface area (TPSA) is 84.0 Å². The van der Waals surface area contributed by atoms with Gasteiger partial charge in [0.2, 0.25) is 5.95 Å². The summed E-state index contributed by atoms with van der Waals surface area (Å²) >= 11 is 0. The second-order valence-corrected chi connectivity index (χ2v) is 5.89.